The maximum Gasteiger partial charge on any atom is 0.143 e. The quantitative estimate of drug-likeness (QED) is 0.163. The molecule has 55 heavy (non-hydrogen) atoms. The van der Waals surface area contributed by atoms with Gasteiger partial charge in [0.15, 0.2) is 0 Å². The number of benzene rings is 9. The molecule has 1 nitrogen and oxygen atoms in total. The summed E-state index contributed by atoms with van der Waals surface area (Å²) in [6.45, 7) is 9.46. The zero-order valence-corrected chi connectivity index (χ0v) is 31.4. The minimum absolute atomic E-state index is 0.0265. The second-order valence-electron chi connectivity index (χ2n) is 16.8. The van der Waals surface area contributed by atoms with Crippen LogP contribution in [0.3, 0.4) is 0 Å². The van der Waals surface area contributed by atoms with E-state index in [0.29, 0.717) is 0 Å². The highest BCUT2D eigenvalue weighted by Crippen LogP contribution is 2.56. The molecule has 0 radical (unpaired) electrons. The smallest absolute Gasteiger partial charge is 0.143 e. The topological polar surface area (TPSA) is 13.1 Å². The molecule has 260 valence electrons. The number of fused-ring (bicyclic) bond motifs is 14. The maximum absolute atomic E-state index is 6.72. The number of hydrogen-bond acceptors (Lipinski definition) is 1. The third-order valence-corrected chi connectivity index (χ3v) is 13.3. The SMILES string of the molecule is CC1(C)c2ccccc2-c2cc(-c3c4ccccc4c(-c4ccc5c(c4)-c4c(ccc6oc7c8ccccc8ccc7c46)C5(C)C)c4ccccc34)ccc21. The van der Waals surface area contributed by atoms with Crippen molar-refractivity contribution >= 4 is 54.3 Å². The summed E-state index contributed by atoms with van der Waals surface area (Å²) < 4.78 is 6.72. The molecule has 1 aromatic heterocycles. The predicted octanol–water partition coefficient (Wildman–Crippen LogP) is 15.0. The molecule has 2 aliphatic rings. The van der Waals surface area contributed by atoms with E-state index in [1.54, 1.807) is 0 Å². The fourth-order valence-corrected chi connectivity index (χ4v) is 10.6. The minimum Gasteiger partial charge on any atom is -0.455 e. The van der Waals surface area contributed by atoms with E-state index < -0.39 is 0 Å². The highest BCUT2D eigenvalue weighted by molar-refractivity contribution is 6.23. The molecule has 0 saturated heterocycles. The molecule has 0 spiro atoms. The summed E-state index contributed by atoms with van der Waals surface area (Å²) in [7, 11) is 0. The van der Waals surface area contributed by atoms with Crippen LogP contribution in [0, 0.1) is 0 Å². The van der Waals surface area contributed by atoms with Crippen LogP contribution in [-0.4, -0.2) is 0 Å². The van der Waals surface area contributed by atoms with Crippen LogP contribution in [0.4, 0.5) is 0 Å². The summed E-state index contributed by atoms with van der Waals surface area (Å²) in [6.07, 6.45) is 0. The first kappa shape index (κ1) is 31.0. The molecule has 0 amide bonds. The molecular formula is C54H38O. The molecule has 0 N–H and O–H groups in total. The summed E-state index contributed by atoms with van der Waals surface area (Å²) >= 11 is 0. The van der Waals surface area contributed by atoms with E-state index >= 15 is 0 Å². The van der Waals surface area contributed by atoms with Gasteiger partial charge in [-0.05, 0) is 118 Å². The van der Waals surface area contributed by atoms with Gasteiger partial charge in [-0.25, -0.2) is 0 Å². The van der Waals surface area contributed by atoms with Crippen molar-refractivity contribution in [3.8, 4) is 44.5 Å². The molecule has 1 heterocycles. The molecule has 10 aromatic rings. The molecule has 0 saturated carbocycles. The molecule has 2 aliphatic carbocycles. The van der Waals surface area contributed by atoms with Gasteiger partial charge in [0.25, 0.3) is 0 Å². The highest BCUT2D eigenvalue weighted by atomic mass is 16.3. The Labute approximate surface area is 320 Å². The molecule has 0 atom stereocenters. The predicted molar refractivity (Wildman–Crippen MR) is 232 cm³/mol. The van der Waals surface area contributed by atoms with Gasteiger partial charge in [-0.2, -0.15) is 0 Å². The van der Waals surface area contributed by atoms with Gasteiger partial charge in [0.1, 0.15) is 11.2 Å². The van der Waals surface area contributed by atoms with Crippen molar-refractivity contribution in [1.82, 2.24) is 0 Å². The molecule has 1 heteroatoms. The third-order valence-electron chi connectivity index (χ3n) is 13.3. The Kier molecular flexibility index (Phi) is 5.98. The van der Waals surface area contributed by atoms with Crippen molar-refractivity contribution in [2.45, 2.75) is 38.5 Å². The molecule has 0 bridgehead atoms. The first-order chi connectivity index (χ1) is 26.8. The van der Waals surface area contributed by atoms with Crippen LogP contribution in [0.25, 0.3) is 98.8 Å². The summed E-state index contributed by atoms with van der Waals surface area (Å²) in [5.74, 6) is 0. The Balaban J connectivity index is 1.12. The monoisotopic (exact) mass is 702 g/mol. The Morgan fingerprint density at radius 2 is 0.873 bits per heavy atom. The van der Waals surface area contributed by atoms with Gasteiger partial charge >= 0.3 is 0 Å². The second-order valence-corrected chi connectivity index (χ2v) is 16.8. The number of hydrogen-bond donors (Lipinski definition) is 0. The van der Waals surface area contributed by atoms with Crippen LogP contribution < -0.4 is 0 Å². The van der Waals surface area contributed by atoms with Gasteiger partial charge in [0.2, 0.25) is 0 Å². The van der Waals surface area contributed by atoms with Gasteiger partial charge < -0.3 is 4.42 Å². The Bertz CT molecular complexity index is 3260. The fraction of sp³-hybridized carbons (Fsp3) is 0.111. The zero-order chi connectivity index (χ0) is 36.8. The molecule has 0 unspecified atom stereocenters. The molecule has 0 aliphatic heterocycles. The van der Waals surface area contributed by atoms with E-state index in [1.165, 1.54) is 104 Å². The lowest BCUT2D eigenvalue weighted by molar-refractivity contribution is 0.657. The Hall–Kier alpha value is -6.44. The van der Waals surface area contributed by atoms with E-state index in [4.69, 9.17) is 4.42 Å². The fourth-order valence-electron chi connectivity index (χ4n) is 10.6. The molecular weight excluding hydrogens is 665 g/mol. The highest BCUT2D eigenvalue weighted by Gasteiger charge is 2.38. The Morgan fingerprint density at radius 3 is 1.55 bits per heavy atom. The largest absolute Gasteiger partial charge is 0.455 e. The van der Waals surface area contributed by atoms with Gasteiger partial charge in [-0.1, -0.05) is 161 Å². The van der Waals surface area contributed by atoms with E-state index in [-0.39, 0.29) is 10.8 Å². The molecule has 12 rings (SSSR count). The minimum atomic E-state index is -0.146. The Morgan fingerprint density at radius 1 is 0.364 bits per heavy atom. The average Bonchev–Trinajstić information content (AvgIpc) is 3.79. The van der Waals surface area contributed by atoms with Crippen LogP contribution in [-0.2, 0) is 10.8 Å². The van der Waals surface area contributed by atoms with E-state index in [0.717, 1.165) is 16.6 Å². The van der Waals surface area contributed by atoms with Crippen molar-refractivity contribution in [3.05, 3.63) is 180 Å². The van der Waals surface area contributed by atoms with E-state index in [2.05, 4.69) is 185 Å². The van der Waals surface area contributed by atoms with Crippen molar-refractivity contribution in [1.29, 1.82) is 0 Å². The van der Waals surface area contributed by atoms with E-state index in [9.17, 15) is 0 Å². The van der Waals surface area contributed by atoms with Gasteiger partial charge in [0.05, 0.1) is 0 Å². The lowest BCUT2D eigenvalue weighted by Gasteiger charge is -2.22. The van der Waals surface area contributed by atoms with Crippen molar-refractivity contribution < 1.29 is 4.42 Å². The van der Waals surface area contributed by atoms with Gasteiger partial charge in [0, 0.05) is 27.0 Å². The zero-order valence-electron chi connectivity index (χ0n) is 31.4. The third kappa shape index (κ3) is 3.98. The lowest BCUT2D eigenvalue weighted by atomic mass is 9.81. The van der Waals surface area contributed by atoms with Crippen molar-refractivity contribution in [3.63, 3.8) is 0 Å². The second kappa shape index (κ2) is 10.6. The summed E-state index contributed by atoms with van der Waals surface area (Å²) in [4.78, 5) is 0. The van der Waals surface area contributed by atoms with Crippen LogP contribution in [0.15, 0.2) is 162 Å². The molecule has 9 aromatic carbocycles. The molecule has 0 fully saturated rings. The van der Waals surface area contributed by atoms with Crippen LogP contribution in [0.2, 0.25) is 0 Å². The number of rotatable bonds is 2. The van der Waals surface area contributed by atoms with Crippen LogP contribution in [0.5, 0.6) is 0 Å². The summed E-state index contributed by atoms with van der Waals surface area (Å²) in [5.41, 5.74) is 17.6. The van der Waals surface area contributed by atoms with Gasteiger partial charge in [-0.15, -0.1) is 0 Å². The first-order valence-corrected chi connectivity index (χ1v) is 19.5. The summed E-state index contributed by atoms with van der Waals surface area (Å²) in [6, 6.07) is 59.0. The van der Waals surface area contributed by atoms with Crippen molar-refractivity contribution in [2.24, 2.45) is 0 Å². The summed E-state index contributed by atoms with van der Waals surface area (Å²) in [5, 5.41) is 9.85. The maximum atomic E-state index is 6.72. The number of furan rings is 1. The normalized spacial score (nSPS) is 14.8. The lowest BCUT2D eigenvalue weighted by Crippen LogP contribution is -2.14. The first-order valence-electron chi connectivity index (χ1n) is 19.5. The van der Waals surface area contributed by atoms with Crippen molar-refractivity contribution in [2.75, 3.05) is 0 Å². The average molecular weight is 703 g/mol. The van der Waals surface area contributed by atoms with Crippen LogP contribution in [0.1, 0.15) is 49.9 Å². The van der Waals surface area contributed by atoms with Crippen LogP contribution >= 0.6 is 0 Å². The standard InChI is InChI=1S/C54H38O/c1-53(2)43-20-12-11-15-35(43)41-29-32(22-25-44(41)53)48-36-16-7-9-18-38(36)49(39-19-10-8-17-37(39)48)33-23-26-45-42(30-33)50-46(54(45,3)4)27-28-47-51(50)40-24-21-31-13-5-6-14-34(31)52(40)55-47/h5-30H,1-4H3. The van der Waals surface area contributed by atoms with E-state index in [1.807, 2.05) is 0 Å². The van der Waals surface area contributed by atoms with Gasteiger partial charge in [-0.3, -0.25) is 0 Å².